The SMILES string of the molecule is CC(N)C(=O)N1CCN(c2cc(F)ccc2F)CC1. The molecular weight excluding hydrogens is 252 g/mol. The summed E-state index contributed by atoms with van der Waals surface area (Å²) < 4.78 is 26.8. The average molecular weight is 269 g/mol. The molecular formula is C13H17F2N3O. The summed E-state index contributed by atoms with van der Waals surface area (Å²) in [5.41, 5.74) is 5.79. The maximum Gasteiger partial charge on any atom is 0.239 e. The molecule has 1 amide bonds. The van der Waals surface area contributed by atoms with Gasteiger partial charge < -0.3 is 15.5 Å². The van der Waals surface area contributed by atoms with Gasteiger partial charge in [-0.2, -0.15) is 0 Å². The zero-order valence-electron chi connectivity index (χ0n) is 10.8. The van der Waals surface area contributed by atoms with Crippen LogP contribution in [0.5, 0.6) is 0 Å². The number of carbonyl (C=O) groups is 1. The highest BCUT2D eigenvalue weighted by Crippen LogP contribution is 2.21. The van der Waals surface area contributed by atoms with Crippen molar-refractivity contribution in [2.75, 3.05) is 31.1 Å². The van der Waals surface area contributed by atoms with Gasteiger partial charge in [-0.3, -0.25) is 4.79 Å². The van der Waals surface area contributed by atoms with E-state index in [0.29, 0.717) is 26.2 Å². The summed E-state index contributed by atoms with van der Waals surface area (Å²) >= 11 is 0. The second-order valence-electron chi connectivity index (χ2n) is 4.70. The van der Waals surface area contributed by atoms with Crippen LogP contribution in [0.2, 0.25) is 0 Å². The van der Waals surface area contributed by atoms with E-state index in [9.17, 15) is 13.6 Å². The molecule has 0 aliphatic carbocycles. The monoisotopic (exact) mass is 269 g/mol. The van der Waals surface area contributed by atoms with Gasteiger partial charge in [0.1, 0.15) is 11.6 Å². The molecule has 1 aromatic carbocycles. The molecule has 0 radical (unpaired) electrons. The molecule has 6 heteroatoms. The summed E-state index contributed by atoms with van der Waals surface area (Å²) in [6, 6.07) is 2.86. The molecule has 1 saturated heterocycles. The van der Waals surface area contributed by atoms with Crippen molar-refractivity contribution in [2.45, 2.75) is 13.0 Å². The van der Waals surface area contributed by atoms with Crippen LogP contribution in [0.4, 0.5) is 14.5 Å². The summed E-state index contributed by atoms with van der Waals surface area (Å²) in [6.45, 7) is 3.52. The van der Waals surface area contributed by atoms with Crippen molar-refractivity contribution >= 4 is 11.6 Å². The number of benzene rings is 1. The van der Waals surface area contributed by atoms with Crippen LogP contribution in [-0.4, -0.2) is 43.0 Å². The summed E-state index contributed by atoms with van der Waals surface area (Å²) in [5.74, 6) is -1.03. The van der Waals surface area contributed by atoms with Crippen LogP contribution in [0, 0.1) is 11.6 Å². The first-order chi connectivity index (χ1) is 8.99. The minimum Gasteiger partial charge on any atom is -0.366 e. The topological polar surface area (TPSA) is 49.6 Å². The van der Waals surface area contributed by atoms with Gasteiger partial charge in [0.2, 0.25) is 5.91 Å². The molecule has 1 heterocycles. The van der Waals surface area contributed by atoms with E-state index in [4.69, 9.17) is 5.73 Å². The number of amides is 1. The third-order valence-corrected chi connectivity index (χ3v) is 3.23. The van der Waals surface area contributed by atoms with Gasteiger partial charge in [-0.1, -0.05) is 0 Å². The molecule has 1 aliphatic heterocycles. The van der Waals surface area contributed by atoms with Crippen LogP contribution in [0.15, 0.2) is 18.2 Å². The fourth-order valence-corrected chi connectivity index (χ4v) is 2.18. The zero-order valence-corrected chi connectivity index (χ0v) is 10.8. The van der Waals surface area contributed by atoms with Crippen LogP contribution in [0.3, 0.4) is 0 Å². The fraction of sp³-hybridized carbons (Fsp3) is 0.462. The van der Waals surface area contributed by atoms with Gasteiger partial charge in [-0.25, -0.2) is 8.78 Å². The number of nitrogens with zero attached hydrogens (tertiary/aromatic N) is 2. The lowest BCUT2D eigenvalue weighted by Crippen LogP contribution is -2.52. The Balaban J connectivity index is 2.04. The number of carbonyl (C=O) groups excluding carboxylic acids is 1. The highest BCUT2D eigenvalue weighted by atomic mass is 19.1. The van der Waals surface area contributed by atoms with Crippen molar-refractivity contribution in [1.82, 2.24) is 4.90 Å². The number of piperazine rings is 1. The molecule has 1 fully saturated rings. The standard InChI is InChI=1S/C13H17F2N3O/c1-9(16)13(19)18-6-4-17(5-7-18)12-8-10(14)2-3-11(12)15/h2-3,8-9H,4-7,16H2,1H3. The Morgan fingerprint density at radius 3 is 2.47 bits per heavy atom. The highest BCUT2D eigenvalue weighted by molar-refractivity contribution is 5.81. The first kappa shape index (κ1) is 13.7. The van der Waals surface area contributed by atoms with E-state index >= 15 is 0 Å². The second-order valence-corrected chi connectivity index (χ2v) is 4.70. The number of hydrogen-bond donors (Lipinski definition) is 1. The Hall–Kier alpha value is -1.69. The van der Waals surface area contributed by atoms with Crippen molar-refractivity contribution in [3.8, 4) is 0 Å². The molecule has 0 spiro atoms. The van der Waals surface area contributed by atoms with Crippen molar-refractivity contribution in [3.63, 3.8) is 0 Å². The lowest BCUT2D eigenvalue weighted by Gasteiger charge is -2.36. The van der Waals surface area contributed by atoms with E-state index in [-0.39, 0.29) is 11.6 Å². The minimum atomic E-state index is -0.530. The zero-order chi connectivity index (χ0) is 14.0. The smallest absolute Gasteiger partial charge is 0.239 e. The normalized spacial score (nSPS) is 17.5. The lowest BCUT2D eigenvalue weighted by molar-refractivity contribution is -0.132. The van der Waals surface area contributed by atoms with Crippen LogP contribution in [0.25, 0.3) is 0 Å². The molecule has 0 bridgehead atoms. The molecule has 2 N–H and O–H groups in total. The fourth-order valence-electron chi connectivity index (χ4n) is 2.18. The van der Waals surface area contributed by atoms with E-state index in [1.54, 1.807) is 16.7 Å². The predicted molar refractivity (Wildman–Crippen MR) is 68.8 cm³/mol. The summed E-state index contributed by atoms with van der Waals surface area (Å²) in [5, 5.41) is 0. The summed E-state index contributed by atoms with van der Waals surface area (Å²) in [4.78, 5) is 15.1. The number of hydrogen-bond acceptors (Lipinski definition) is 3. The van der Waals surface area contributed by atoms with Gasteiger partial charge in [0.25, 0.3) is 0 Å². The number of rotatable bonds is 2. The lowest BCUT2D eigenvalue weighted by atomic mass is 10.2. The number of anilines is 1. The van der Waals surface area contributed by atoms with Crippen molar-refractivity contribution in [1.29, 1.82) is 0 Å². The van der Waals surface area contributed by atoms with Crippen molar-refractivity contribution < 1.29 is 13.6 Å². The quantitative estimate of drug-likeness (QED) is 0.870. The molecule has 1 unspecified atom stereocenters. The van der Waals surface area contributed by atoms with E-state index in [2.05, 4.69) is 0 Å². The maximum absolute atomic E-state index is 13.6. The van der Waals surface area contributed by atoms with Gasteiger partial charge in [0.05, 0.1) is 11.7 Å². The Labute approximate surface area is 110 Å². The van der Waals surface area contributed by atoms with Gasteiger partial charge in [0, 0.05) is 32.2 Å². The summed E-state index contributed by atoms with van der Waals surface area (Å²) in [6.07, 6.45) is 0. The Morgan fingerprint density at radius 1 is 1.26 bits per heavy atom. The van der Waals surface area contributed by atoms with Crippen molar-refractivity contribution in [2.24, 2.45) is 5.73 Å². The van der Waals surface area contributed by atoms with Crippen LogP contribution in [0.1, 0.15) is 6.92 Å². The Bertz CT molecular complexity index is 471. The van der Waals surface area contributed by atoms with E-state index in [1.807, 2.05) is 0 Å². The van der Waals surface area contributed by atoms with Gasteiger partial charge in [0.15, 0.2) is 0 Å². The first-order valence-corrected chi connectivity index (χ1v) is 6.23. The Kier molecular flexibility index (Phi) is 3.99. The summed E-state index contributed by atoms with van der Waals surface area (Å²) in [7, 11) is 0. The van der Waals surface area contributed by atoms with Gasteiger partial charge >= 0.3 is 0 Å². The van der Waals surface area contributed by atoms with Crippen LogP contribution in [-0.2, 0) is 4.79 Å². The largest absolute Gasteiger partial charge is 0.366 e. The first-order valence-electron chi connectivity index (χ1n) is 6.23. The molecule has 2 rings (SSSR count). The highest BCUT2D eigenvalue weighted by Gasteiger charge is 2.24. The molecule has 1 atom stereocenters. The Morgan fingerprint density at radius 2 is 1.89 bits per heavy atom. The molecule has 4 nitrogen and oxygen atoms in total. The maximum atomic E-state index is 13.6. The third-order valence-electron chi connectivity index (χ3n) is 3.23. The predicted octanol–water partition coefficient (Wildman–Crippen LogP) is 0.961. The van der Waals surface area contributed by atoms with Crippen LogP contribution < -0.4 is 10.6 Å². The number of halogens is 2. The molecule has 19 heavy (non-hydrogen) atoms. The second kappa shape index (κ2) is 5.52. The third kappa shape index (κ3) is 3.01. The van der Waals surface area contributed by atoms with Gasteiger partial charge in [-0.05, 0) is 19.1 Å². The van der Waals surface area contributed by atoms with Gasteiger partial charge in [-0.15, -0.1) is 0 Å². The number of nitrogens with two attached hydrogens (primary N) is 1. The van der Waals surface area contributed by atoms with E-state index in [0.717, 1.165) is 12.1 Å². The minimum absolute atomic E-state index is 0.112. The van der Waals surface area contributed by atoms with E-state index < -0.39 is 17.7 Å². The molecule has 0 aromatic heterocycles. The average Bonchev–Trinajstić information content (AvgIpc) is 2.41. The van der Waals surface area contributed by atoms with Crippen molar-refractivity contribution in [3.05, 3.63) is 29.8 Å². The van der Waals surface area contributed by atoms with Crippen LogP contribution >= 0.6 is 0 Å². The molecule has 1 aliphatic rings. The van der Waals surface area contributed by atoms with E-state index in [1.165, 1.54) is 6.07 Å². The molecule has 104 valence electrons. The molecule has 0 saturated carbocycles. The molecule has 1 aromatic rings.